The topological polar surface area (TPSA) is 125 Å². The van der Waals surface area contributed by atoms with Crippen LogP contribution in [0, 0.1) is 17.0 Å². The van der Waals surface area contributed by atoms with Gasteiger partial charge in [0.1, 0.15) is 0 Å². The number of carbonyl (C=O) groups is 3. The molecule has 0 bridgehead atoms. The third kappa shape index (κ3) is 3.10. The minimum atomic E-state index is -0.624. The number of carbonyl (C=O) groups excluding carboxylic acids is 3. The van der Waals surface area contributed by atoms with Crippen molar-refractivity contribution >= 4 is 29.2 Å². The summed E-state index contributed by atoms with van der Waals surface area (Å²) in [4.78, 5) is 49.2. The van der Waals surface area contributed by atoms with Crippen molar-refractivity contribution < 1.29 is 19.3 Å². The van der Waals surface area contributed by atoms with Crippen molar-refractivity contribution in [2.45, 2.75) is 13.0 Å². The number of nitro groups is 1. The van der Waals surface area contributed by atoms with E-state index in [-0.39, 0.29) is 31.4 Å². The van der Waals surface area contributed by atoms with Crippen molar-refractivity contribution in [2.75, 3.05) is 31.5 Å². The second-order valence-corrected chi connectivity index (χ2v) is 5.95. The predicted molar refractivity (Wildman–Crippen MR) is 86.9 cm³/mol. The number of nitrogens with zero attached hydrogens (tertiary/aromatic N) is 3. The van der Waals surface area contributed by atoms with E-state index in [0.717, 1.165) is 0 Å². The van der Waals surface area contributed by atoms with Gasteiger partial charge in [-0.25, -0.2) is 4.79 Å². The predicted octanol–water partition coefficient (Wildman–Crippen LogP) is 0.0777. The number of anilines is 1. The van der Waals surface area contributed by atoms with Crippen molar-refractivity contribution in [2.24, 2.45) is 0 Å². The molecule has 2 aliphatic heterocycles. The summed E-state index contributed by atoms with van der Waals surface area (Å²) in [6, 6.07) is 3.82. The van der Waals surface area contributed by atoms with E-state index in [1.165, 1.54) is 21.9 Å². The van der Waals surface area contributed by atoms with Gasteiger partial charge in [-0.2, -0.15) is 0 Å². The molecule has 2 N–H and O–H groups in total. The van der Waals surface area contributed by atoms with Gasteiger partial charge >= 0.3 is 17.8 Å². The largest absolute Gasteiger partial charge is 0.346 e. The molecule has 2 saturated heterocycles. The number of urea groups is 1. The Morgan fingerprint density at radius 1 is 1.36 bits per heavy atom. The maximum Gasteiger partial charge on any atom is 0.321 e. The van der Waals surface area contributed by atoms with E-state index in [1.54, 1.807) is 13.0 Å². The molecule has 10 heteroatoms. The Hall–Kier alpha value is -3.17. The number of hydrogen-bond acceptors (Lipinski definition) is 5. The van der Waals surface area contributed by atoms with Gasteiger partial charge in [-0.05, 0) is 13.0 Å². The Balaban J connectivity index is 1.69. The minimum absolute atomic E-state index is 0.0665. The van der Waals surface area contributed by atoms with Gasteiger partial charge in [0.15, 0.2) is 0 Å². The molecule has 4 amide bonds. The molecular formula is C15H17N5O5. The number of piperazine rings is 2. The van der Waals surface area contributed by atoms with E-state index in [2.05, 4.69) is 10.6 Å². The van der Waals surface area contributed by atoms with E-state index in [0.29, 0.717) is 17.8 Å². The molecule has 0 spiro atoms. The normalized spacial score (nSPS) is 20.0. The average molecular weight is 347 g/mol. The van der Waals surface area contributed by atoms with Crippen molar-refractivity contribution in [1.29, 1.82) is 0 Å². The second kappa shape index (κ2) is 6.38. The highest BCUT2D eigenvalue weighted by atomic mass is 16.6. The maximum atomic E-state index is 12.5. The highest BCUT2D eigenvalue weighted by Gasteiger charge is 2.38. The van der Waals surface area contributed by atoms with E-state index in [9.17, 15) is 24.5 Å². The van der Waals surface area contributed by atoms with Crippen LogP contribution in [0.5, 0.6) is 0 Å². The van der Waals surface area contributed by atoms with Crippen LogP contribution in [0.4, 0.5) is 16.2 Å². The number of hydrogen-bond donors (Lipinski definition) is 2. The van der Waals surface area contributed by atoms with Gasteiger partial charge in [0, 0.05) is 32.2 Å². The zero-order valence-corrected chi connectivity index (χ0v) is 13.5. The molecule has 1 aromatic carbocycles. The fourth-order valence-corrected chi connectivity index (χ4v) is 3.05. The SMILES string of the molecule is Cc1c(NC(=O)N2CCN3C(=O)C(=O)NCC3C2)cccc1[N+](=O)[O-]. The summed E-state index contributed by atoms with van der Waals surface area (Å²) in [5, 5.41) is 16.2. The molecule has 1 atom stereocenters. The lowest BCUT2D eigenvalue weighted by atomic mass is 10.1. The molecule has 0 aliphatic carbocycles. The molecule has 2 fully saturated rings. The molecule has 0 saturated carbocycles. The van der Waals surface area contributed by atoms with Crippen LogP contribution in [0.25, 0.3) is 0 Å². The van der Waals surface area contributed by atoms with Crippen molar-refractivity contribution in [3.63, 3.8) is 0 Å². The van der Waals surface area contributed by atoms with Crippen LogP contribution < -0.4 is 10.6 Å². The maximum absolute atomic E-state index is 12.5. The standard InChI is InChI=1S/C15H17N5O5/c1-9-11(3-2-4-12(9)20(24)25)17-15(23)18-5-6-19-10(8-18)7-16-13(21)14(19)22/h2-4,10H,5-8H2,1H3,(H,16,21)(H,17,23). The highest BCUT2D eigenvalue weighted by Crippen LogP contribution is 2.25. The van der Waals surface area contributed by atoms with Gasteiger partial charge in [-0.15, -0.1) is 0 Å². The molecule has 132 valence electrons. The van der Waals surface area contributed by atoms with Crippen molar-refractivity contribution in [1.82, 2.24) is 15.1 Å². The van der Waals surface area contributed by atoms with Gasteiger partial charge in [0.2, 0.25) is 0 Å². The third-order valence-electron chi connectivity index (χ3n) is 4.47. The Kier molecular flexibility index (Phi) is 4.26. The molecule has 0 aromatic heterocycles. The number of nitro benzene ring substituents is 1. The Morgan fingerprint density at radius 3 is 2.84 bits per heavy atom. The van der Waals surface area contributed by atoms with E-state index in [4.69, 9.17) is 0 Å². The van der Waals surface area contributed by atoms with Crippen LogP contribution >= 0.6 is 0 Å². The van der Waals surface area contributed by atoms with Gasteiger partial charge in [0.05, 0.1) is 22.2 Å². The first-order valence-corrected chi connectivity index (χ1v) is 7.77. The summed E-state index contributed by atoms with van der Waals surface area (Å²) in [6.45, 7) is 2.71. The van der Waals surface area contributed by atoms with E-state index < -0.39 is 22.8 Å². The van der Waals surface area contributed by atoms with Crippen LogP contribution in [0.1, 0.15) is 5.56 Å². The molecule has 2 heterocycles. The van der Waals surface area contributed by atoms with Crippen LogP contribution in [-0.4, -0.2) is 64.8 Å². The zero-order valence-electron chi connectivity index (χ0n) is 13.5. The summed E-state index contributed by atoms with van der Waals surface area (Å²) in [5.41, 5.74) is 0.678. The van der Waals surface area contributed by atoms with Crippen LogP contribution in [0.15, 0.2) is 18.2 Å². The second-order valence-electron chi connectivity index (χ2n) is 5.95. The summed E-state index contributed by atoms with van der Waals surface area (Å²) in [5.74, 6) is -1.20. The number of benzene rings is 1. The Morgan fingerprint density at radius 2 is 2.12 bits per heavy atom. The molecule has 1 aromatic rings. The summed E-state index contributed by atoms with van der Waals surface area (Å²) >= 11 is 0. The van der Waals surface area contributed by atoms with E-state index in [1.807, 2.05) is 0 Å². The fourth-order valence-electron chi connectivity index (χ4n) is 3.05. The lowest BCUT2D eigenvalue weighted by Crippen LogP contribution is -2.66. The quantitative estimate of drug-likeness (QED) is 0.445. The first kappa shape index (κ1) is 16.7. The molecule has 10 nitrogen and oxygen atoms in total. The fraction of sp³-hybridized carbons (Fsp3) is 0.400. The van der Waals surface area contributed by atoms with E-state index >= 15 is 0 Å². The van der Waals surface area contributed by atoms with Gasteiger partial charge in [-0.1, -0.05) is 6.07 Å². The van der Waals surface area contributed by atoms with Crippen molar-refractivity contribution in [3.8, 4) is 0 Å². The van der Waals surface area contributed by atoms with Crippen molar-refractivity contribution in [3.05, 3.63) is 33.9 Å². The Labute approximate surface area is 142 Å². The molecule has 25 heavy (non-hydrogen) atoms. The van der Waals surface area contributed by atoms with Gasteiger partial charge < -0.3 is 20.4 Å². The third-order valence-corrected chi connectivity index (χ3v) is 4.47. The Bertz CT molecular complexity index is 765. The number of nitrogens with one attached hydrogen (secondary N) is 2. The summed E-state index contributed by atoms with van der Waals surface area (Å²) in [7, 11) is 0. The monoisotopic (exact) mass is 347 g/mol. The van der Waals surface area contributed by atoms with Gasteiger partial charge in [-0.3, -0.25) is 19.7 Å². The molecule has 0 radical (unpaired) electrons. The van der Waals surface area contributed by atoms with Crippen LogP contribution in [0.2, 0.25) is 0 Å². The number of amides is 4. The first-order valence-electron chi connectivity index (χ1n) is 7.77. The first-order chi connectivity index (χ1) is 11.9. The molecular weight excluding hydrogens is 330 g/mol. The van der Waals surface area contributed by atoms with Crippen LogP contribution in [0.3, 0.4) is 0 Å². The molecule has 2 aliphatic rings. The lowest BCUT2D eigenvalue weighted by molar-refractivity contribution is -0.385. The van der Waals surface area contributed by atoms with Crippen LogP contribution in [-0.2, 0) is 9.59 Å². The zero-order chi connectivity index (χ0) is 18.1. The van der Waals surface area contributed by atoms with Gasteiger partial charge in [0.25, 0.3) is 5.69 Å². The number of rotatable bonds is 2. The minimum Gasteiger partial charge on any atom is -0.346 e. The number of fused-ring (bicyclic) bond motifs is 1. The smallest absolute Gasteiger partial charge is 0.321 e. The lowest BCUT2D eigenvalue weighted by Gasteiger charge is -2.43. The summed E-state index contributed by atoms with van der Waals surface area (Å²) in [6.07, 6.45) is 0. The molecule has 3 rings (SSSR count). The highest BCUT2D eigenvalue weighted by molar-refractivity contribution is 6.35. The average Bonchev–Trinajstić information content (AvgIpc) is 2.59. The summed E-state index contributed by atoms with van der Waals surface area (Å²) < 4.78 is 0. The molecule has 1 unspecified atom stereocenters.